The molecular formula is C15H11Cl2N3O2S. The van der Waals surface area contributed by atoms with Crippen molar-refractivity contribution in [2.75, 3.05) is 5.32 Å². The number of nitrogens with one attached hydrogen (secondary N) is 1. The van der Waals surface area contributed by atoms with Crippen LogP contribution in [-0.4, -0.2) is 16.1 Å². The zero-order chi connectivity index (χ0) is 16.2. The molecular weight excluding hydrogens is 357 g/mol. The van der Waals surface area contributed by atoms with E-state index in [0.29, 0.717) is 33.9 Å². The van der Waals surface area contributed by atoms with Gasteiger partial charge in [0.1, 0.15) is 0 Å². The number of hydrogen-bond acceptors (Lipinski definition) is 5. The minimum absolute atomic E-state index is 0.203. The molecule has 0 bridgehead atoms. The van der Waals surface area contributed by atoms with Gasteiger partial charge in [-0.05, 0) is 29.6 Å². The van der Waals surface area contributed by atoms with E-state index in [1.807, 2.05) is 17.5 Å². The number of nitrogens with zero attached hydrogens (tertiary/aromatic N) is 2. The van der Waals surface area contributed by atoms with Gasteiger partial charge in [-0.2, -0.15) is 0 Å². The van der Waals surface area contributed by atoms with Gasteiger partial charge in [-0.25, -0.2) is 0 Å². The van der Waals surface area contributed by atoms with Gasteiger partial charge in [-0.15, -0.1) is 21.5 Å². The summed E-state index contributed by atoms with van der Waals surface area (Å²) in [6, 6.07) is 8.69. The molecule has 0 atom stereocenters. The molecule has 8 heteroatoms. The quantitative estimate of drug-likeness (QED) is 0.710. The van der Waals surface area contributed by atoms with E-state index in [1.54, 1.807) is 18.2 Å². The van der Waals surface area contributed by atoms with Crippen molar-refractivity contribution in [2.45, 2.75) is 12.8 Å². The Morgan fingerprint density at radius 1 is 1.26 bits per heavy atom. The van der Waals surface area contributed by atoms with Gasteiger partial charge in [-0.3, -0.25) is 4.79 Å². The van der Waals surface area contributed by atoms with Gasteiger partial charge in [0.15, 0.2) is 0 Å². The van der Waals surface area contributed by atoms with E-state index in [2.05, 4.69) is 15.5 Å². The van der Waals surface area contributed by atoms with E-state index in [4.69, 9.17) is 27.6 Å². The molecule has 0 aliphatic heterocycles. The number of halogens is 2. The summed E-state index contributed by atoms with van der Waals surface area (Å²) in [5.41, 5.74) is 0.481. The van der Waals surface area contributed by atoms with Crippen molar-refractivity contribution >= 4 is 46.1 Å². The van der Waals surface area contributed by atoms with Crippen molar-refractivity contribution in [2.24, 2.45) is 0 Å². The van der Waals surface area contributed by atoms with Gasteiger partial charge < -0.3 is 9.73 Å². The summed E-state index contributed by atoms with van der Waals surface area (Å²) in [5, 5.41) is 13.5. The summed E-state index contributed by atoms with van der Waals surface area (Å²) in [7, 11) is 0. The molecule has 1 N–H and O–H groups in total. The predicted molar refractivity (Wildman–Crippen MR) is 91.0 cm³/mol. The third kappa shape index (κ3) is 4.10. The summed E-state index contributed by atoms with van der Waals surface area (Å²) < 4.78 is 5.53. The lowest BCUT2D eigenvalue weighted by atomic mass is 10.2. The van der Waals surface area contributed by atoms with Crippen LogP contribution >= 0.6 is 34.5 Å². The highest BCUT2D eigenvalue weighted by atomic mass is 35.5. The second-order valence-electron chi connectivity index (χ2n) is 4.65. The van der Waals surface area contributed by atoms with Crippen LogP contribution in [0.3, 0.4) is 0 Å². The molecule has 1 aromatic carbocycles. The highest BCUT2D eigenvalue weighted by Crippen LogP contribution is 2.26. The average molecular weight is 368 g/mol. The minimum atomic E-state index is -0.204. The molecule has 0 aliphatic rings. The van der Waals surface area contributed by atoms with Crippen LogP contribution in [0.15, 0.2) is 40.1 Å². The molecule has 0 fully saturated rings. The van der Waals surface area contributed by atoms with Crippen molar-refractivity contribution < 1.29 is 9.21 Å². The van der Waals surface area contributed by atoms with Crippen molar-refractivity contribution in [1.29, 1.82) is 0 Å². The first-order valence-electron chi connectivity index (χ1n) is 6.73. The van der Waals surface area contributed by atoms with Gasteiger partial charge >= 0.3 is 0 Å². The van der Waals surface area contributed by atoms with Crippen LogP contribution in [0.2, 0.25) is 10.0 Å². The Morgan fingerprint density at radius 2 is 2.13 bits per heavy atom. The maximum absolute atomic E-state index is 12.0. The first kappa shape index (κ1) is 16.0. The van der Waals surface area contributed by atoms with Crippen LogP contribution in [0.1, 0.15) is 12.3 Å². The number of thiophene rings is 1. The fourth-order valence-corrected chi connectivity index (χ4v) is 2.86. The van der Waals surface area contributed by atoms with Gasteiger partial charge in [0.25, 0.3) is 5.89 Å². The van der Waals surface area contributed by atoms with E-state index in [9.17, 15) is 4.79 Å². The van der Waals surface area contributed by atoms with E-state index in [1.165, 1.54) is 11.3 Å². The SMILES string of the molecule is O=C(CCc1nnc(-c2cccs2)o1)Nc1cc(Cl)ccc1Cl. The molecule has 2 heterocycles. The number of hydrogen-bond donors (Lipinski definition) is 1. The zero-order valence-corrected chi connectivity index (χ0v) is 14.1. The Bertz CT molecular complexity index is 818. The molecule has 2 aromatic heterocycles. The van der Waals surface area contributed by atoms with Gasteiger partial charge in [0.2, 0.25) is 11.8 Å². The summed E-state index contributed by atoms with van der Waals surface area (Å²) in [6.45, 7) is 0. The molecule has 0 saturated heterocycles. The fourth-order valence-electron chi connectivity index (χ4n) is 1.88. The molecule has 0 radical (unpaired) electrons. The summed E-state index contributed by atoms with van der Waals surface area (Å²) in [5.74, 6) is 0.680. The number of aryl methyl sites for hydroxylation is 1. The average Bonchev–Trinajstić information content (AvgIpc) is 3.19. The van der Waals surface area contributed by atoms with Gasteiger partial charge in [0, 0.05) is 17.9 Å². The molecule has 118 valence electrons. The monoisotopic (exact) mass is 367 g/mol. The molecule has 1 amide bonds. The van der Waals surface area contributed by atoms with E-state index in [-0.39, 0.29) is 12.3 Å². The van der Waals surface area contributed by atoms with Gasteiger partial charge in [0.05, 0.1) is 15.6 Å². The Kier molecular flexibility index (Phi) is 4.95. The molecule has 5 nitrogen and oxygen atoms in total. The van der Waals surface area contributed by atoms with Crippen molar-refractivity contribution in [3.63, 3.8) is 0 Å². The van der Waals surface area contributed by atoms with Crippen LogP contribution in [0.5, 0.6) is 0 Å². The Labute approximate surface area is 146 Å². The third-order valence-electron chi connectivity index (χ3n) is 2.97. The van der Waals surface area contributed by atoms with E-state index < -0.39 is 0 Å². The maximum Gasteiger partial charge on any atom is 0.257 e. The third-order valence-corrected chi connectivity index (χ3v) is 4.39. The number of carbonyl (C=O) groups excluding carboxylic acids is 1. The molecule has 0 spiro atoms. The maximum atomic E-state index is 12.0. The van der Waals surface area contributed by atoms with Crippen molar-refractivity contribution in [1.82, 2.24) is 10.2 Å². The Hall–Kier alpha value is -1.89. The zero-order valence-electron chi connectivity index (χ0n) is 11.8. The minimum Gasteiger partial charge on any atom is -0.420 e. The molecule has 0 unspecified atom stereocenters. The molecule has 23 heavy (non-hydrogen) atoms. The normalized spacial score (nSPS) is 10.7. The van der Waals surface area contributed by atoms with Crippen LogP contribution < -0.4 is 5.32 Å². The summed E-state index contributed by atoms with van der Waals surface area (Å²) in [6.07, 6.45) is 0.553. The summed E-state index contributed by atoms with van der Waals surface area (Å²) >= 11 is 13.4. The van der Waals surface area contributed by atoms with E-state index in [0.717, 1.165) is 4.88 Å². The number of anilines is 1. The molecule has 0 aliphatic carbocycles. The predicted octanol–water partition coefficient (Wildman–Crippen LogP) is 4.68. The van der Waals surface area contributed by atoms with Crippen LogP contribution in [0.25, 0.3) is 10.8 Å². The Balaban J connectivity index is 1.58. The molecule has 3 aromatic rings. The second kappa shape index (κ2) is 7.12. The lowest BCUT2D eigenvalue weighted by Gasteiger charge is -2.06. The van der Waals surface area contributed by atoms with Gasteiger partial charge in [-0.1, -0.05) is 29.3 Å². The van der Waals surface area contributed by atoms with Crippen molar-refractivity contribution in [3.05, 3.63) is 51.6 Å². The highest BCUT2D eigenvalue weighted by molar-refractivity contribution is 7.13. The first-order valence-corrected chi connectivity index (χ1v) is 8.36. The second-order valence-corrected chi connectivity index (χ2v) is 6.44. The van der Waals surface area contributed by atoms with E-state index >= 15 is 0 Å². The van der Waals surface area contributed by atoms with Crippen molar-refractivity contribution in [3.8, 4) is 10.8 Å². The first-order chi connectivity index (χ1) is 11.1. The number of rotatable bonds is 5. The van der Waals surface area contributed by atoms with Crippen LogP contribution in [-0.2, 0) is 11.2 Å². The number of carbonyl (C=O) groups is 1. The Morgan fingerprint density at radius 3 is 2.91 bits per heavy atom. The topological polar surface area (TPSA) is 68.0 Å². The number of aromatic nitrogens is 2. The largest absolute Gasteiger partial charge is 0.420 e. The smallest absolute Gasteiger partial charge is 0.257 e. The standard InChI is InChI=1S/C15H11Cl2N3O2S/c16-9-3-4-10(17)11(8-9)18-13(21)5-6-14-19-20-15(22-14)12-2-1-7-23-12/h1-4,7-8H,5-6H2,(H,18,21). The highest BCUT2D eigenvalue weighted by Gasteiger charge is 2.12. The number of amides is 1. The lowest BCUT2D eigenvalue weighted by Crippen LogP contribution is -2.12. The lowest BCUT2D eigenvalue weighted by molar-refractivity contribution is -0.116. The molecule has 3 rings (SSSR count). The summed E-state index contributed by atoms with van der Waals surface area (Å²) in [4.78, 5) is 12.9. The van der Waals surface area contributed by atoms with Crippen LogP contribution in [0.4, 0.5) is 5.69 Å². The van der Waals surface area contributed by atoms with Crippen LogP contribution in [0, 0.1) is 0 Å². The number of benzene rings is 1. The fraction of sp³-hybridized carbons (Fsp3) is 0.133. The molecule has 0 saturated carbocycles.